The first kappa shape index (κ1) is 12.4. The fraction of sp³-hybridized carbons (Fsp3) is 0.250. The van der Waals surface area contributed by atoms with Gasteiger partial charge in [-0.3, -0.25) is 0 Å². The topological polar surface area (TPSA) is 41.8 Å². The maximum absolute atomic E-state index is 9.58. The molecule has 0 bridgehead atoms. The second-order valence-corrected chi connectivity index (χ2v) is 3.59. The summed E-state index contributed by atoms with van der Waals surface area (Å²) in [6, 6.07) is 3.20. The Morgan fingerprint density at radius 3 is 3.06 bits per heavy atom. The maximum Gasteiger partial charge on any atom is 0.128 e. The van der Waals surface area contributed by atoms with Gasteiger partial charge in [0.05, 0.1) is 6.21 Å². The molecule has 0 saturated heterocycles. The standard InChI is InChI=1S/C12H12ClNO2/c1-3-4-5-16-14-8-10-7-11(13)9(2)6-12(10)15/h1,6-8,15H,4-5H2,2H3. The first-order valence-corrected chi connectivity index (χ1v) is 5.11. The summed E-state index contributed by atoms with van der Waals surface area (Å²) in [6.07, 6.45) is 6.94. The Labute approximate surface area is 99.7 Å². The van der Waals surface area contributed by atoms with E-state index in [9.17, 15) is 5.11 Å². The van der Waals surface area contributed by atoms with Crippen molar-refractivity contribution in [1.29, 1.82) is 0 Å². The third-order valence-corrected chi connectivity index (χ3v) is 2.32. The highest BCUT2D eigenvalue weighted by Gasteiger charge is 2.02. The van der Waals surface area contributed by atoms with Crippen LogP contribution in [0.1, 0.15) is 17.5 Å². The Balaban J connectivity index is 2.67. The van der Waals surface area contributed by atoms with E-state index in [2.05, 4.69) is 11.1 Å². The van der Waals surface area contributed by atoms with Gasteiger partial charge < -0.3 is 9.94 Å². The molecule has 0 heterocycles. The third-order valence-electron chi connectivity index (χ3n) is 1.91. The number of oxime groups is 1. The molecule has 84 valence electrons. The fourth-order valence-corrected chi connectivity index (χ4v) is 1.21. The summed E-state index contributed by atoms with van der Waals surface area (Å²) < 4.78 is 0. The second-order valence-electron chi connectivity index (χ2n) is 3.18. The van der Waals surface area contributed by atoms with Crippen LogP contribution in [0.4, 0.5) is 0 Å². The second kappa shape index (κ2) is 6.04. The number of aryl methyl sites for hydroxylation is 1. The third kappa shape index (κ3) is 3.48. The number of terminal acetylenes is 1. The molecule has 0 atom stereocenters. The lowest BCUT2D eigenvalue weighted by Gasteiger charge is -2.02. The normalized spacial score (nSPS) is 10.3. The average Bonchev–Trinajstić information content (AvgIpc) is 2.25. The molecule has 3 nitrogen and oxygen atoms in total. The molecule has 1 aromatic carbocycles. The predicted molar refractivity (Wildman–Crippen MR) is 64.8 cm³/mol. The van der Waals surface area contributed by atoms with Gasteiger partial charge in [0.25, 0.3) is 0 Å². The number of halogens is 1. The van der Waals surface area contributed by atoms with Gasteiger partial charge in [0, 0.05) is 17.0 Å². The molecule has 0 fully saturated rings. The maximum atomic E-state index is 9.58. The van der Waals surface area contributed by atoms with Gasteiger partial charge >= 0.3 is 0 Å². The van der Waals surface area contributed by atoms with Crippen molar-refractivity contribution < 1.29 is 9.94 Å². The Morgan fingerprint density at radius 2 is 2.38 bits per heavy atom. The van der Waals surface area contributed by atoms with Crippen molar-refractivity contribution in [1.82, 2.24) is 0 Å². The summed E-state index contributed by atoms with van der Waals surface area (Å²) in [5.74, 6) is 2.54. The van der Waals surface area contributed by atoms with E-state index in [1.807, 2.05) is 6.92 Å². The van der Waals surface area contributed by atoms with Crippen LogP contribution in [-0.4, -0.2) is 17.9 Å². The Hall–Kier alpha value is -1.66. The fourth-order valence-electron chi connectivity index (χ4n) is 1.04. The first-order chi connectivity index (χ1) is 7.65. The number of aromatic hydroxyl groups is 1. The Bertz CT molecular complexity index is 435. The van der Waals surface area contributed by atoms with Crippen molar-refractivity contribution in [2.45, 2.75) is 13.3 Å². The van der Waals surface area contributed by atoms with Crippen LogP contribution < -0.4 is 0 Å². The molecule has 0 radical (unpaired) electrons. The predicted octanol–water partition coefficient (Wildman–Crippen LogP) is 2.73. The van der Waals surface area contributed by atoms with Gasteiger partial charge in [-0.1, -0.05) is 16.8 Å². The smallest absolute Gasteiger partial charge is 0.128 e. The van der Waals surface area contributed by atoms with Gasteiger partial charge in [-0.25, -0.2) is 0 Å². The summed E-state index contributed by atoms with van der Waals surface area (Å²) in [7, 11) is 0. The Kier molecular flexibility index (Phi) is 4.68. The van der Waals surface area contributed by atoms with E-state index < -0.39 is 0 Å². The van der Waals surface area contributed by atoms with Crippen LogP contribution >= 0.6 is 11.6 Å². The average molecular weight is 238 g/mol. The van der Waals surface area contributed by atoms with Crippen LogP contribution in [0.3, 0.4) is 0 Å². The van der Waals surface area contributed by atoms with Gasteiger partial charge in [0.1, 0.15) is 12.4 Å². The minimum absolute atomic E-state index is 0.117. The van der Waals surface area contributed by atoms with Crippen LogP contribution in [0, 0.1) is 19.3 Å². The number of phenols is 1. The summed E-state index contributed by atoms with van der Waals surface area (Å²) in [5.41, 5.74) is 1.32. The molecule has 1 N–H and O–H groups in total. The number of rotatable bonds is 4. The molecule has 1 rings (SSSR count). The van der Waals surface area contributed by atoms with Crippen molar-refractivity contribution in [2.75, 3.05) is 6.61 Å². The van der Waals surface area contributed by atoms with Crippen molar-refractivity contribution in [3.8, 4) is 18.1 Å². The molecule has 4 heteroatoms. The lowest BCUT2D eigenvalue weighted by Crippen LogP contribution is -1.89. The van der Waals surface area contributed by atoms with E-state index in [1.165, 1.54) is 6.21 Å². The molecule has 0 amide bonds. The summed E-state index contributed by atoms with van der Waals surface area (Å²) in [5, 5.41) is 13.8. The number of hydrogen-bond acceptors (Lipinski definition) is 3. The van der Waals surface area contributed by atoms with Crippen LogP contribution in [0.2, 0.25) is 5.02 Å². The molecule has 1 aromatic rings. The molecule has 0 aliphatic carbocycles. The first-order valence-electron chi connectivity index (χ1n) is 4.73. The lowest BCUT2D eigenvalue weighted by atomic mass is 10.1. The van der Waals surface area contributed by atoms with Crippen molar-refractivity contribution in [2.24, 2.45) is 5.16 Å². The van der Waals surface area contributed by atoms with Gasteiger partial charge in [0.15, 0.2) is 0 Å². The quantitative estimate of drug-likeness (QED) is 0.379. The van der Waals surface area contributed by atoms with E-state index in [0.29, 0.717) is 23.6 Å². The van der Waals surface area contributed by atoms with Crippen molar-refractivity contribution in [3.63, 3.8) is 0 Å². The number of phenolic OH excluding ortho intramolecular Hbond substituents is 1. The molecule has 0 aromatic heterocycles. The molecule has 16 heavy (non-hydrogen) atoms. The molecule has 0 aliphatic rings. The number of nitrogens with zero attached hydrogens (tertiary/aromatic N) is 1. The van der Waals surface area contributed by atoms with E-state index in [-0.39, 0.29) is 5.75 Å². The van der Waals surface area contributed by atoms with Crippen molar-refractivity contribution in [3.05, 3.63) is 28.3 Å². The van der Waals surface area contributed by atoms with E-state index in [1.54, 1.807) is 12.1 Å². The van der Waals surface area contributed by atoms with Crippen molar-refractivity contribution >= 4 is 17.8 Å². The monoisotopic (exact) mass is 237 g/mol. The zero-order valence-electron chi connectivity index (χ0n) is 8.90. The highest BCUT2D eigenvalue weighted by molar-refractivity contribution is 6.31. The molecule has 0 saturated carbocycles. The highest BCUT2D eigenvalue weighted by atomic mass is 35.5. The summed E-state index contributed by atoms with van der Waals surface area (Å²) in [6.45, 7) is 2.17. The van der Waals surface area contributed by atoms with Crippen LogP contribution in [0.15, 0.2) is 17.3 Å². The highest BCUT2D eigenvalue weighted by Crippen LogP contribution is 2.24. The zero-order chi connectivity index (χ0) is 12.0. The van der Waals surface area contributed by atoms with Crippen LogP contribution in [-0.2, 0) is 4.84 Å². The van der Waals surface area contributed by atoms with Crippen LogP contribution in [0.5, 0.6) is 5.75 Å². The summed E-state index contributed by atoms with van der Waals surface area (Å²) in [4.78, 5) is 4.88. The van der Waals surface area contributed by atoms with Gasteiger partial charge in [0.2, 0.25) is 0 Å². The SMILES string of the molecule is C#CCCON=Cc1cc(Cl)c(C)cc1O. The van der Waals surface area contributed by atoms with Crippen LogP contribution in [0.25, 0.3) is 0 Å². The molecular formula is C12H12ClNO2. The number of hydrogen-bond donors (Lipinski definition) is 1. The number of benzene rings is 1. The summed E-state index contributed by atoms with van der Waals surface area (Å²) >= 11 is 5.91. The zero-order valence-corrected chi connectivity index (χ0v) is 9.66. The minimum Gasteiger partial charge on any atom is -0.507 e. The van der Waals surface area contributed by atoms with E-state index >= 15 is 0 Å². The molecular weight excluding hydrogens is 226 g/mol. The molecule has 0 spiro atoms. The molecule has 0 unspecified atom stereocenters. The van der Waals surface area contributed by atoms with E-state index in [0.717, 1.165) is 5.56 Å². The van der Waals surface area contributed by atoms with E-state index in [4.69, 9.17) is 22.9 Å². The van der Waals surface area contributed by atoms with Gasteiger partial charge in [-0.05, 0) is 24.6 Å². The van der Waals surface area contributed by atoms with Gasteiger partial charge in [-0.2, -0.15) is 0 Å². The lowest BCUT2D eigenvalue weighted by molar-refractivity contribution is 0.152. The molecule has 0 aliphatic heterocycles. The Morgan fingerprint density at radius 1 is 1.62 bits per heavy atom. The minimum atomic E-state index is 0.117. The van der Waals surface area contributed by atoms with Gasteiger partial charge in [-0.15, -0.1) is 12.3 Å². The largest absolute Gasteiger partial charge is 0.507 e.